The normalized spacial score (nSPS) is 14.5. The van der Waals surface area contributed by atoms with Crippen molar-refractivity contribution in [2.45, 2.75) is 31.8 Å². The van der Waals surface area contributed by atoms with Crippen molar-refractivity contribution >= 4 is 45.2 Å². The van der Waals surface area contributed by atoms with Gasteiger partial charge in [0, 0.05) is 11.4 Å². The molecule has 0 bridgehead atoms. The molecular weight excluding hydrogens is 336 g/mol. The molecule has 24 heavy (non-hydrogen) atoms. The number of fused-ring (bicyclic) bond motifs is 1. The van der Waals surface area contributed by atoms with Crippen LogP contribution in [0.25, 0.3) is 0 Å². The Bertz CT molecular complexity index is 802. The zero-order chi connectivity index (χ0) is 17.1. The molecule has 5 heteroatoms. The van der Waals surface area contributed by atoms with Gasteiger partial charge in [0.15, 0.2) is 0 Å². The van der Waals surface area contributed by atoms with Gasteiger partial charge < -0.3 is 5.32 Å². The number of rotatable bonds is 3. The summed E-state index contributed by atoms with van der Waals surface area (Å²) in [7, 11) is 0. The fourth-order valence-electron chi connectivity index (χ4n) is 2.38. The van der Waals surface area contributed by atoms with Crippen LogP contribution in [0.15, 0.2) is 47.5 Å². The molecule has 0 saturated heterocycles. The topological polar surface area (TPSA) is 41.5 Å². The summed E-state index contributed by atoms with van der Waals surface area (Å²) in [6.45, 7) is 5.96. The second-order valence-corrected chi connectivity index (χ2v) is 8.41. The van der Waals surface area contributed by atoms with Crippen LogP contribution in [-0.4, -0.2) is 15.5 Å². The van der Waals surface area contributed by atoms with E-state index in [-0.39, 0.29) is 11.2 Å². The molecular formula is C19H20N2OS2. The number of carbonyl (C=O) groups excluding carboxylic acids is 1. The Labute approximate surface area is 151 Å². The predicted octanol–water partition coefficient (Wildman–Crippen LogP) is 5.30. The van der Waals surface area contributed by atoms with E-state index < -0.39 is 0 Å². The maximum atomic E-state index is 12.5. The van der Waals surface area contributed by atoms with Gasteiger partial charge >= 0.3 is 0 Å². The van der Waals surface area contributed by atoms with E-state index in [0.717, 1.165) is 32.6 Å². The van der Waals surface area contributed by atoms with Crippen LogP contribution in [0.1, 0.15) is 23.6 Å². The minimum Gasteiger partial charge on any atom is -0.325 e. The molecule has 1 unspecified atom stereocenters. The summed E-state index contributed by atoms with van der Waals surface area (Å²) in [5.41, 5.74) is 5.36. The zero-order valence-corrected chi connectivity index (χ0v) is 15.6. The lowest BCUT2D eigenvalue weighted by Crippen LogP contribution is -2.24. The molecule has 1 amide bonds. The average molecular weight is 357 g/mol. The molecule has 1 N–H and O–H groups in total. The number of para-hydroxylation sites is 1. The van der Waals surface area contributed by atoms with Crippen molar-refractivity contribution in [1.29, 1.82) is 0 Å². The van der Waals surface area contributed by atoms with Gasteiger partial charge in [0.2, 0.25) is 5.91 Å². The molecule has 0 fully saturated rings. The van der Waals surface area contributed by atoms with Gasteiger partial charge in [0.1, 0.15) is 4.38 Å². The molecule has 0 spiro atoms. The smallest absolute Gasteiger partial charge is 0.237 e. The number of anilines is 1. The Morgan fingerprint density at radius 2 is 2.04 bits per heavy atom. The number of benzene rings is 2. The molecule has 0 radical (unpaired) electrons. The minimum absolute atomic E-state index is 0.0101. The van der Waals surface area contributed by atoms with Crippen molar-refractivity contribution in [2.75, 3.05) is 5.32 Å². The first-order valence-corrected chi connectivity index (χ1v) is 9.73. The van der Waals surface area contributed by atoms with Gasteiger partial charge in [-0.3, -0.25) is 4.79 Å². The lowest BCUT2D eigenvalue weighted by Gasteiger charge is -2.18. The van der Waals surface area contributed by atoms with Crippen LogP contribution < -0.4 is 5.32 Å². The van der Waals surface area contributed by atoms with Gasteiger partial charge in [-0.15, -0.1) is 0 Å². The van der Waals surface area contributed by atoms with Crippen LogP contribution in [-0.2, 0) is 10.5 Å². The minimum atomic E-state index is -0.193. The third-order valence-electron chi connectivity index (χ3n) is 3.85. The summed E-state index contributed by atoms with van der Waals surface area (Å²) in [6, 6.07) is 14.2. The molecule has 0 saturated carbocycles. The fourth-order valence-corrected chi connectivity index (χ4v) is 4.57. The van der Waals surface area contributed by atoms with Gasteiger partial charge in [0.05, 0.1) is 10.9 Å². The Morgan fingerprint density at radius 3 is 2.88 bits per heavy atom. The Hall–Kier alpha value is -1.72. The standard InChI is InChI=1S/C19H20N2OS2/c1-12-8-9-13(2)17(10-12)20-18(22)14(3)24-19-21-16-7-5-4-6-15(16)11-23-19/h4-10,14H,11H2,1-3H3,(H,20,22). The number of nitrogens with one attached hydrogen (secondary N) is 1. The number of hydrogen-bond donors (Lipinski definition) is 1. The van der Waals surface area contributed by atoms with E-state index in [2.05, 4.69) is 16.4 Å². The van der Waals surface area contributed by atoms with Gasteiger partial charge in [-0.2, -0.15) is 0 Å². The average Bonchev–Trinajstić information content (AvgIpc) is 2.58. The van der Waals surface area contributed by atoms with Crippen molar-refractivity contribution < 1.29 is 4.79 Å². The van der Waals surface area contributed by atoms with E-state index in [1.165, 1.54) is 17.3 Å². The molecule has 3 rings (SSSR count). The summed E-state index contributed by atoms with van der Waals surface area (Å²) in [5, 5.41) is 2.84. The number of hydrogen-bond acceptors (Lipinski definition) is 4. The first-order valence-electron chi connectivity index (χ1n) is 7.87. The highest BCUT2D eigenvalue weighted by molar-refractivity contribution is 8.39. The van der Waals surface area contributed by atoms with Gasteiger partial charge in [0.25, 0.3) is 0 Å². The second-order valence-electron chi connectivity index (χ2n) is 5.86. The first-order chi connectivity index (χ1) is 11.5. The van der Waals surface area contributed by atoms with E-state index >= 15 is 0 Å². The summed E-state index contributed by atoms with van der Waals surface area (Å²) in [5.74, 6) is 0.920. The summed E-state index contributed by atoms with van der Waals surface area (Å²) >= 11 is 3.22. The summed E-state index contributed by atoms with van der Waals surface area (Å²) in [6.07, 6.45) is 0. The third kappa shape index (κ3) is 4.02. The van der Waals surface area contributed by atoms with Crippen LogP contribution in [0.3, 0.4) is 0 Å². The van der Waals surface area contributed by atoms with E-state index in [9.17, 15) is 4.79 Å². The highest BCUT2D eigenvalue weighted by Gasteiger charge is 2.20. The number of amides is 1. The molecule has 1 atom stereocenters. The molecule has 3 nitrogen and oxygen atoms in total. The monoisotopic (exact) mass is 356 g/mol. The maximum Gasteiger partial charge on any atom is 0.237 e. The van der Waals surface area contributed by atoms with E-state index in [1.54, 1.807) is 11.8 Å². The first kappa shape index (κ1) is 17.1. The molecule has 1 aliphatic rings. The quantitative estimate of drug-likeness (QED) is 0.811. The van der Waals surface area contributed by atoms with Crippen molar-refractivity contribution in [3.63, 3.8) is 0 Å². The number of nitrogens with zero attached hydrogens (tertiary/aromatic N) is 1. The number of carbonyl (C=O) groups is 1. The molecule has 1 aliphatic heterocycles. The zero-order valence-electron chi connectivity index (χ0n) is 14.0. The molecule has 2 aromatic carbocycles. The van der Waals surface area contributed by atoms with E-state index in [4.69, 9.17) is 0 Å². The number of aryl methyl sites for hydroxylation is 2. The number of aliphatic imine (C=N–C) groups is 1. The van der Waals surface area contributed by atoms with Crippen LogP contribution in [0.2, 0.25) is 0 Å². The van der Waals surface area contributed by atoms with Crippen LogP contribution >= 0.6 is 23.5 Å². The lowest BCUT2D eigenvalue weighted by molar-refractivity contribution is -0.115. The molecule has 0 aromatic heterocycles. The number of thioether (sulfide) groups is 2. The molecule has 124 valence electrons. The van der Waals surface area contributed by atoms with Crippen molar-refractivity contribution in [1.82, 2.24) is 0 Å². The summed E-state index contributed by atoms with van der Waals surface area (Å²) < 4.78 is 0.956. The van der Waals surface area contributed by atoms with Crippen LogP contribution in [0.4, 0.5) is 11.4 Å². The lowest BCUT2D eigenvalue weighted by atomic mass is 10.1. The Morgan fingerprint density at radius 1 is 1.25 bits per heavy atom. The SMILES string of the molecule is Cc1ccc(C)c(NC(=O)C(C)SC2=Nc3ccccc3CS2)c1. The molecule has 1 heterocycles. The molecule has 2 aromatic rings. The summed E-state index contributed by atoms with van der Waals surface area (Å²) in [4.78, 5) is 17.2. The van der Waals surface area contributed by atoms with Crippen LogP contribution in [0.5, 0.6) is 0 Å². The van der Waals surface area contributed by atoms with Crippen molar-refractivity contribution in [2.24, 2.45) is 4.99 Å². The van der Waals surface area contributed by atoms with Gasteiger partial charge in [-0.05, 0) is 49.6 Å². The highest BCUT2D eigenvalue weighted by Crippen LogP contribution is 2.36. The van der Waals surface area contributed by atoms with Crippen molar-refractivity contribution in [3.8, 4) is 0 Å². The predicted molar refractivity (Wildman–Crippen MR) is 106 cm³/mol. The largest absolute Gasteiger partial charge is 0.325 e. The Balaban J connectivity index is 1.67. The third-order valence-corrected chi connectivity index (χ3v) is 6.15. The Kier molecular flexibility index (Phi) is 5.31. The fraction of sp³-hybridized carbons (Fsp3) is 0.263. The van der Waals surface area contributed by atoms with Crippen molar-refractivity contribution in [3.05, 3.63) is 59.2 Å². The highest BCUT2D eigenvalue weighted by atomic mass is 32.2. The van der Waals surface area contributed by atoms with E-state index in [0.29, 0.717) is 0 Å². The van der Waals surface area contributed by atoms with Crippen LogP contribution in [0, 0.1) is 13.8 Å². The molecule has 0 aliphatic carbocycles. The van der Waals surface area contributed by atoms with Gasteiger partial charge in [-0.1, -0.05) is 53.9 Å². The van der Waals surface area contributed by atoms with E-state index in [1.807, 2.05) is 57.2 Å². The second kappa shape index (κ2) is 7.45. The maximum absolute atomic E-state index is 12.5. The van der Waals surface area contributed by atoms with Gasteiger partial charge in [-0.25, -0.2) is 4.99 Å².